The number of likely N-dealkylation sites (N-methyl/N-ethyl adjacent to an activating group) is 8. The number of fused-ring (bicyclic) bond motifs is 2. The quantitative estimate of drug-likeness (QED) is 0.0187. The standard InChI is InChI=1S/C13H16N2O.C12H15NO.C12H17NO.C11H15NO.C10H13NO.C9H13NOS.C8H13N3O.C8H18N2O/c1-9(16)13(14-2)8-11-7-10-5-3-4-6-12(10)15-11;1-9(14)12-7-10-5-3-4-6-11(10)8-13(12)2;1-9-4-6-11(7-5-9)8-12(13-3)10(2)14;1-9(13)11(12-2)8-10-6-4-3-5-7-10;1-8(12)10(11-2)9-6-4-3-5-7-9;1-7(11)9(10-2)6-8-4-3-5-12-8;1-6(12)8(9-2)3-7-4-10-5-11-7;1-7(11)8(10-2)5-3-4-6-9/h3-7,13-15H,8H2,1-2H3;3-6,12H,7-8H2,1-2H3;4-7,12-13H,8H2,1-3H3;3-7,11-12H,8H2,1-2H3;3-7,10-11H,1-2H3;3-5,9-10H,6H2,1-2H3;4-5,8-9H,3H2,1-2H3,(H,10,11);8,10H,3-6,9H2,1-2H3/t13-;2*12-;11-;10-;9-;2*8-/m00001000/s1. The number of ketones is 8. The third-order valence-corrected chi connectivity index (χ3v) is 18.5. The van der Waals surface area contributed by atoms with Crippen molar-refractivity contribution >= 4 is 68.5 Å². The van der Waals surface area contributed by atoms with Gasteiger partial charge in [0.1, 0.15) is 40.5 Å². The van der Waals surface area contributed by atoms with E-state index >= 15 is 0 Å². The smallest absolute Gasteiger partial charge is 0.151 e. The van der Waals surface area contributed by atoms with Crippen LogP contribution in [0.25, 0.3) is 10.9 Å². The molecule has 0 amide bonds. The van der Waals surface area contributed by atoms with Gasteiger partial charge in [0.25, 0.3) is 0 Å². The lowest BCUT2D eigenvalue weighted by atomic mass is 9.93. The summed E-state index contributed by atoms with van der Waals surface area (Å²) >= 11 is 1.69. The molecule has 0 bridgehead atoms. The summed E-state index contributed by atoms with van der Waals surface area (Å²) in [5.74, 6) is 1.51. The third kappa shape index (κ3) is 36.3. The SMILES string of the molecule is CC(=O)[C@@H]1Cc2ccccc2CN1C.CN[C@@H](CCCCN)C(C)=O.CN[C@@H](Cc1cc2ccccc2[nH]1)C(C)=O.CN[C@@H](Cc1ccc(C)cc1)C(C)=O.CN[C@@H](Cc1ccccc1)C(C)=O.CN[C@@H](Cc1cccs1)C(C)=O.CN[C@@H](Cc1cnc[nH]1)C(C)=O.CN[C@H](C(C)=O)c1ccccc1. The molecule has 104 heavy (non-hydrogen) atoms. The molecule has 566 valence electrons. The molecule has 1 aliphatic heterocycles. The van der Waals surface area contributed by atoms with Crippen LogP contribution in [0.1, 0.15) is 130 Å². The van der Waals surface area contributed by atoms with Crippen molar-refractivity contribution in [1.29, 1.82) is 0 Å². The average Bonchev–Trinajstić information content (AvgIpc) is 1.65. The summed E-state index contributed by atoms with van der Waals surface area (Å²) in [5, 5.41) is 24.1. The Hall–Kier alpha value is -8.45. The number of nitrogens with one attached hydrogen (secondary N) is 9. The van der Waals surface area contributed by atoms with E-state index in [-0.39, 0.29) is 94.6 Å². The Balaban J connectivity index is 0.000000405. The van der Waals surface area contributed by atoms with Crippen molar-refractivity contribution in [3.63, 3.8) is 0 Å². The van der Waals surface area contributed by atoms with E-state index in [0.717, 1.165) is 74.0 Å². The number of hydrogen-bond donors (Lipinski definition) is 10. The second-order valence-electron chi connectivity index (χ2n) is 25.8. The van der Waals surface area contributed by atoms with E-state index in [2.05, 4.69) is 125 Å². The Morgan fingerprint density at radius 3 is 1.40 bits per heavy atom. The van der Waals surface area contributed by atoms with Gasteiger partial charge in [0.05, 0.1) is 54.7 Å². The zero-order chi connectivity index (χ0) is 77.5. The third-order valence-electron chi connectivity index (χ3n) is 17.6. The molecule has 0 saturated carbocycles. The zero-order valence-corrected chi connectivity index (χ0v) is 65.5. The number of carbonyl (C=O) groups excluding carboxylic acids is 8. The number of carbonyl (C=O) groups is 8. The average molecular weight is 1450 g/mol. The second kappa shape index (κ2) is 52.5. The van der Waals surface area contributed by atoms with Crippen molar-refractivity contribution in [2.75, 3.05) is 62.9 Å². The highest BCUT2D eigenvalue weighted by Crippen LogP contribution is 2.23. The molecule has 11 N–H and O–H groups in total. The molecule has 0 fully saturated rings. The van der Waals surface area contributed by atoms with Gasteiger partial charge in [0.15, 0.2) is 5.78 Å². The first-order chi connectivity index (χ1) is 49.7. The molecule has 4 heterocycles. The highest BCUT2D eigenvalue weighted by Gasteiger charge is 2.26. The van der Waals surface area contributed by atoms with Gasteiger partial charge in [-0.2, -0.15) is 0 Å². The molecule has 1 aliphatic rings. The summed E-state index contributed by atoms with van der Waals surface area (Å²) in [4.78, 5) is 103. The van der Waals surface area contributed by atoms with Crippen LogP contribution < -0.4 is 43.0 Å². The minimum Gasteiger partial charge on any atom is -0.358 e. The Morgan fingerprint density at radius 2 is 0.962 bits per heavy atom. The number of nitrogens with zero attached hydrogens (tertiary/aromatic N) is 2. The van der Waals surface area contributed by atoms with Gasteiger partial charge in [-0.3, -0.25) is 43.3 Å². The first-order valence-electron chi connectivity index (χ1n) is 35.6. The topological polar surface area (TPSA) is 294 Å². The van der Waals surface area contributed by atoms with Crippen LogP contribution in [0.2, 0.25) is 0 Å². The van der Waals surface area contributed by atoms with Crippen LogP contribution in [0, 0.1) is 6.92 Å². The summed E-state index contributed by atoms with van der Waals surface area (Å²) in [6.07, 6.45) is 10.9. The predicted molar refractivity (Wildman–Crippen MR) is 426 cm³/mol. The molecule has 8 atom stereocenters. The molecule has 0 spiro atoms. The minimum atomic E-state index is -0.161. The Kier molecular flexibility index (Phi) is 46.3. The van der Waals surface area contributed by atoms with Gasteiger partial charge >= 0.3 is 0 Å². The summed E-state index contributed by atoms with van der Waals surface area (Å²) in [7, 11) is 14.7. The van der Waals surface area contributed by atoms with Crippen LogP contribution >= 0.6 is 11.3 Å². The van der Waals surface area contributed by atoms with E-state index in [1.54, 1.807) is 93.3 Å². The number of aromatic amines is 2. The van der Waals surface area contributed by atoms with Crippen molar-refractivity contribution in [3.05, 3.63) is 219 Å². The number of para-hydroxylation sites is 1. The van der Waals surface area contributed by atoms with Crippen molar-refractivity contribution in [2.24, 2.45) is 5.73 Å². The van der Waals surface area contributed by atoms with E-state index < -0.39 is 0 Å². The number of aromatic nitrogens is 3. The number of unbranched alkanes of at least 4 members (excludes halogenated alkanes) is 1. The highest BCUT2D eigenvalue weighted by atomic mass is 32.1. The van der Waals surface area contributed by atoms with Gasteiger partial charge in [-0.15, -0.1) is 11.3 Å². The molecule has 9 rings (SSSR count). The number of hydrogen-bond acceptors (Lipinski definition) is 19. The molecular weight excluding hydrogens is 1330 g/mol. The normalized spacial score (nSPS) is 13.9. The number of imidazole rings is 1. The number of nitrogens with two attached hydrogens (primary N) is 1. The number of aryl methyl sites for hydroxylation is 1. The molecular formula is C83H120N12O8S. The Bertz CT molecular complexity index is 3630. The molecule has 0 unspecified atom stereocenters. The van der Waals surface area contributed by atoms with E-state index in [4.69, 9.17) is 5.73 Å². The maximum Gasteiger partial charge on any atom is 0.151 e. The van der Waals surface area contributed by atoms with Gasteiger partial charge in [0.2, 0.25) is 0 Å². The van der Waals surface area contributed by atoms with Gasteiger partial charge in [0, 0.05) is 53.8 Å². The summed E-state index contributed by atoms with van der Waals surface area (Å²) in [6.45, 7) is 16.6. The minimum absolute atomic E-state index is 0.0244. The fourth-order valence-corrected chi connectivity index (χ4v) is 11.9. The first kappa shape index (κ1) is 91.6. The molecule has 0 saturated heterocycles. The molecule has 0 aliphatic carbocycles. The zero-order valence-electron chi connectivity index (χ0n) is 64.7. The van der Waals surface area contributed by atoms with E-state index in [0.29, 0.717) is 19.4 Å². The van der Waals surface area contributed by atoms with E-state index in [1.165, 1.54) is 38.1 Å². The highest BCUT2D eigenvalue weighted by molar-refractivity contribution is 7.09. The molecule has 20 nitrogen and oxygen atoms in total. The number of Topliss-reactive ketones (excluding diaryl/α,β-unsaturated/α-hetero) is 8. The van der Waals surface area contributed by atoms with Crippen LogP contribution in [0.4, 0.5) is 0 Å². The van der Waals surface area contributed by atoms with E-state index in [9.17, 15) is 38.4 Å². The summed E-state index contributed by atoms with van der Waals surface area (Å²) in [5.41, 5.74) is 15.9. The predicted octanol–water partition coefficient (Wildman–Crippen LogP) is 10.1. The van der Waals surface area contributed by atoms with Gasteiger partial charge in [-0.05, 0) is 214 Å². The largest absolute Gasteiger partial charge is 0.358 e. The van der Waals surface area contributed by atoms with Crippen LogP contribution in [-0.2, 0) is 83.4 Å². The Morgan fingerprint density at radius 1 is 0.500 bits per heavy atom. The number of H-pyrrole nitrogens is 2. The lowest BCUT2D eigenvalue weighted by Gasteiger charge is -2.32. The van der Waals surface area contributed by atoms with Gasteiger partial charge in [-0.25, -0.2) is 4.98 Å². The Labute approximate surface area is 623 Å². The maximum atomic E-state index is 11.4. The lowest BCUT2D eigenvalue weighted by molar-refractivity contribution is -0.122. The van der Waals surface area contributed by atoms with Crippen molar-refractivity contribution < 1.29 is 38.4 Å². The number of rotatable bonds is 30. The van der Waals surface area contributed by atoms with Crippen LogP contribution in [0.3, 0.4) is 0 Å². The fourth-order valence-electron chi connectivity index (χ4n) is 11.2. The molecule has 0 radical (unpaired) electrons. The number of thiophene rings is 1. The van der Waals surface area contributed by atoms with E-state index in [1.807, 2.05) is 139 Å². The second-order valence-corrected chi connectivity index (χ2v) is 26.8. The maximum absolute atomic E-state index is 11.4. The van der Waals surface area contributed by atoms with Gasteiger partial charge in [-0.1, -0.05) is 145 Å². The molecule has 5 aromatic carbocycles. The lowest BCUT2D eigenvalue weighted by Crippen LogP contribution is -2.42. The van der Waals surface area contributed by atoms with Crippen LogP contribution in [0.15, 0.2) is 170 Å². The fraction of sp³-hybridized carbons (Fsp3) is 0.434. The molecule has 3 aromatic heterocycles. The first-order valence-corrected chi connectivity index (χ1v) is 36.5. The van der Waals surface area contributed by atoms with Gasteiger partial charge < -0.3 is 52.9 Å². The van der Waals surface area contributed by atoms with Crippen molar-refractivity contribution in [1.82, 2.24) is 57.1 Å². The van der Waals surface area contributed by atoms with Crippen LogP contribution in [0.5, 0.6) is 0 Å². The van der Waals surface area contributed by atoms with Crippen LogP contribution in [-0.4, -0.2) is 171 Å². The van der Waals surface area contributed by atoms with Crippen molar-refractivity contribution in [3.8, 4) is 0 Å². The van der Waals surface area contributed by atoms with Crippen molar-refractivity contribution in [2.45, 2.75) is 175 Å². The monoisotopic (exact) mass is 1440 g/mol. The molecule has 8 aromatic rings. The summed E-state index contributed by atoms with van der Waals surface area (Å²) < 4.78 is 0. The number of benzene rings is 5. The molecule has 21 heteroatoms. The summed E-state index contributed by atoms with van der Waals surface area (Å²) in [6, 6.07) is 50.3.